The van der Waals surface area contributed by atoms with Gasteiger partial charge in [0.15, 0.2) is 0 Å². The van der Waals surface area contributed by atoms with E-state index in [1.54, 1.807) is 0 Å². The lowest BCUT2D eigenvalue weighted by atomic mass is 9.75. The van der Waals surface area contributed by atoms with Crippen molar-refractivity contribution < 1.29 is 43.2 Å². The SMILES string of the molecule is COC(=O)C(=O)NC(C)[C@H]1C(=O)N[C@@H]1C(C)C(=O)C(=[N+]=[N-])C(=O)OCc1ccc([N+](=O)[O-])cc1. The Bertz CT molecular complexity index is 1080. The van der Waals surface area contributed by atoms with E-state index in [-0.39, 0.29) is 12.3 Å². The Morgan fingerprint density at radius 1 is 1.21 bits per heavy atom. The summed E-state index contributed by atoms with van der Waals surface area (Å²) < 4.78 is 9.25. The summed E-state index contributed by atoms with van der Waals surface area (Å²) in [4.78, 5) is 72.9. The standard InChI is InChI=1S/C20H21N5O9/c1-9(14-13(17(27)23-14)10(2)22-18(28)20(30)33-3)16(26)15(24-21)19(29)34-8-11-4-6-12(7-5-11)25(31)32/h4-7,9-10,13-14H,8H2,1-3H3,(H,22,28)(H,23,27)/t9?,10?,13-,14-/m1/s1. The summed E-state index contributed by atoms with van der Waals surface area (Å²) in [7, 11) is 1.02. The maximum atomic E-state index is 12.8. The summed E-state index contributed by atoms with van der Waals surface area (Å²) in [6.45, 7) is 2.48. The summed E-state index contributed by atoms with van der Waals surface area (Å²) >= 11 is 0. The van der Waals surface area contributed by atoms with Crippen molar-refractivity contribution >= 4 is 40.9 Å². The van der Waals surface area contributed by atoms with Gasteiger partial charge in [-0.05, 0) is 24.6 Å². The normalized spacial score (nSPS) is 18.1. The van der Waals surface area contributed by atoms with Crippen LogP contribution in [0.2, 0.25) is 0 Å². The van der Waals surface area contributed by atoms with E-state index in [9.17, 15) is 39.6 Å². The van der Waals surface area contributed by atoms with Crippen molar-refractivity contribution in [3.05, 3.63) is 45.5 Å². The Morgan fingerprint density at radius 3 is 2.32 bits per heavy atom. The molecule has 2 rings (SSSR count). The summed E-state index contributed by atoms with van der Waals surface area (Å²) in [5.41, 5.74) is 8.52. The highest BCUT2D eigenvalue weighted by molar-refractivity contribution is 6.62. The molecule has 14 heteroatoms. The maximum Gasteiger partial charge on any atom is 0.441 e. The van der Waals surface area contributed by atoms with E-state index in [0.717, 1.165) is 7.11 Å². The number of hydrogen-bond donors (Lipinski definition) is 2. The Labute approximate surface area is 192 Å². The number of non-ortho nitro benzene ring substituents is 1. The number of ketones is 1. The number of carbonyl (C=O) groups is 5. The first-order valence-electron chi connectivity index (χ1n) is 9.87. The smallest absolute Gasteiger partial charge is 0.441 e. The molecule has 0 bridgehead atoms. The molecule has 2 unspecified atom stereocenters. The fourth-order valence-corrected chi connectivity index (χ4v) is 3.34. The summed E-state index contributed by atoms with van der Waals surface area (Å²) in [6.07, 6.45) is 0. The molecule has 4 atom stereocenters. The first-order chi connectivity index (χ1) is 16.0. The fraction of sp³-hybridized carbons (Fsp3) is 0.400. The number of esters is 2. The highest BCUT2D eigenvalue weighted by Crippen LogP contribution is 2.26. The van der Waals surface area contributed by atoms with E-state index in [4.69, 9.17) is 4.74 Å². The molecule has 180 valence electrons. The van der Waals surface area contributed by atoms with Gasteiger partial charge in [0.1, 0.15) is 6.61 Å². The number of nitrogens with one attached hydrogen (secondary N) is 2. The van der Waals surface area contributed by atoms with Gasteiger partial charge < -0.3 is 25.6 Å². The summed E-state index contributed by atoms with van der Waals surface area (Å²) in [5, 5.41) is 15.5. The van der Waals surface area contributed by atoms with Crippen molar-refractivity contribution in [1.82, 2.24) is 10.6 Å². The van der Waals surface area contributed by atoms with Gasteiger partial charge in [0.2, 0.25) is 5.91 Å². The number of ether oxygens (including phenoxy) is 2. The third kappa shape index (κ3) is 5.66. The number of benzene rings is 1. The number of Topliss-reactive ketones (excluding diaryl/α,β-unsaturated/α-hetero) is 1. The predicted molar refractivity (Wildman–Crippen MR) is 111 cm³/mol. The van der Waals surface area contributed by atoms with Crippen molar-refractivity contribution in [2.45, 2.75) is 32.5 Å². The first-order valence-corrected chi connectivity index (χ1v) is 9.87. The van der Waals surface area contributed by atoms with Crippen LogP contribution in [0.15, 0.2) is 24.3 Å². The molecule has 2 N–H and O–H groups in total. The predicted octanol–water partition coefficient (Wildman–Crippen LogP) is -0.694. The van der Waals surface area contributed by atoms with Crippen molar-refractivity contribution in [2.75, 3.05) is 7.11 Å². The molecule has 2 amide bonds. The van der Waals surface area contributed by atoms with Crippen LogP contribution in [0.4, 0.5) is 5.69 Å². The van der Waals surface area contributed by atoms with Crippen LogP contribution >= 0.6 is 0 Å². The molecule has 0 saturated carbocycles. The lowest BCUT2D eigenvalue weighted by Crippen LogP contribution is -2.68. The Morgan fingerprint density at radius 2 is 1.82 bits per heavy atom. The van der Waals surface area contributed by atoms with Gasteiger partial charge in [0, 0.05) is 24.1 Å². The van der Waals surface area contributed by atoms with Gasteiger partial charge in [-0.1, -0.05) is 6.92 Å². The largest absolute Gasteiger partial charge is 0.462 e. The molecule has 1 heterocycles. The van der Waals surface area contributed by atoms with Crippen LogP contribution in [-0.4, -0.2) is 64.2 Å². The number of carbonyl (C=O) groups excluding carboxylic acids is 5. The molecular weight excluding hydrogens is 454 g/mol. The molecule has 0 aromatic heterocycles. The molecular formula is C20H21N5O9. The second-order valence-corrected chi connectivity index (χ2v) is 7.42. The van der Waals surface area contributed by atoms with Crippen LogP contribution in [0.1, 0.15) is 19.4 Å². The van der Waals surface area contributed by atoms with Gasteiger partial charge in [-0.15, -0.1) is 0 Å². The third-order valence-corrected chi connectivity index (χ3v) is 5.26. The zero-order chi connectivity index (χ0) is 25.6. The van der Waals surface area contributed by atoms with E-state index in [0.29, 0.717) is 5.56 Å². The Balaban J connectivity index is 2.02. The van der Waals surface area contributed by atoms with Gasteiger partial charge in [-0.25, -0.2) is 9.59 Å². The second-order valence-electron chi connectivity index (χ2n) is 7.42. The van der Waals surface area contributed by atoms with Crippen molar-refractivity contribution in [2.24, 2.45) is 11.8 Å². The molecule has 1 fully saturated rings. The Kier molecular flexibility index (Phi) is 8.29. The second kappa shape index (κ2) is 10.9. The highest BCUT2D eigenvalue weighted by Gasteiger charge is 2.51. The zero-order valence-corrected chi connectivity index (χ0v) is 18.3. The van der Waals surface area contributed by atoms with Crippen molar-refractivity contribution in [1.29, 1.82) is 0 Å². The van der Waals surface area contributed by atoms with Crippen LogP contribution in [0, 0.1) is 22.0 Å². The number of β-lactam (4-membered cyclic amide) rings is 1. The number of nitro benzene ring substituents is 1. The van der Waals surface area contributed by atoms with Crippen molar-refractivity contribution in [3.63, 3.8) is 0 Å². The van der Waals surface area contributed by atoms with Crippen molar-refractivity contribution in [3.8, 4) is 0 Å². The molecule has 34 heavy (non-hydrogen) atoms. The number of hydrogen-bond acceptors (Lipinski definition) is 9. The third-order valence-electron chi connectivity index (χ3n) is 5.26. The molecule has 1 aliphatic heterocycles. The van der Waals surface area contributed by atoms with Crippen LogP contribution in [-0.2, 0) is 40.1 Å². The molecule has 1 aliphatic rings. The molecule has 1 aromatic rings. The lowest BCUT2D eigenvalue weighted by Gasteiger charge is -2.42. The molecule has 1 saturated heterocycles. The van der Waals surface area contributed by atoms with Crippen LogP contribution in [0.25, 0.3) is 5.53 Å². The lowest BCUT2D eigenvalue weighted by molar-refractivity contribution is -0.384. The van der Waals surface area contributed by atoms with Gasteiger partial charge in [-0.3, -0.25) is 24.5 Å². The van der Waals surface area contributed by atoms with Crippen LogP contribution < -0.4 is 10.6 Å². The number of nitro groups is 1. The van der Waals surface area contributed by atoms with Crippen LogP contribution in [0.5, 0.6) is 0 Å². The van der Waals surface area contributed by atoms with Gasteiger partial charge in [-0.2, -0.15) is 4.79 Å². The minimum absolute atomic E-state index is 0.161. The minimum Gasteiger partial charge on any atom is -0.462 e. The molecule has 0 aliphatic carbocycles. The van der Waals surface area contributed by atoms with Gasteiger partial charge >= 0.3 is 23.6 Å². The van der Waals surface area contributed by atoms with E-state index in [2.05, 4.69) is 20.2 Å². The van der Waals surface area contributed by atoms with Crippen LogP contribution in [0.3, 0.4) is 0 Å². The summed E-state index contributed by atoms with van der Waals surface area (Å²) in [6, 6.07) is 3.42. The topological polar surface area (TPSA) is 207 Å². The quantitative estimate of drug-likeness (QED) is 0.0532. The Hall–Kier alpha value is -4.45. The van der Waals surface area contributed by atoms with Gasteiger partial charge in [0.25, 0.3) is 11.5 Å². The fourth-order valence-electron chi connectivity index (χ4n) is 3.34. The maximum absolute atomic E-state index is 12.8. The first kappa shape index (κ1) is 25.8. The number of rotatable bonds is 9. The average Bonchev–Trinajstić information content (AvgIpc) is 2.80. The van der Waals surface area contributed by atoms with Gasteiger partial charge in [0.05, 0.1) is 24.0 Å². The van der Waals surface area contributed by atoms with E-state index >= 15 is 0 Å². The number of methoxy groups -OCH3 is 1. The molecule has 14 nitrogen and oxygen atoms in total. The van der Waals surface area contributed by atoms with E-state index in [1.807, 2.05) is 0 Å². The number of nitrogens with zero attached hydrogens (tertiary/aromatic N) is 3. The number of amides is 2. The molecule has 1 aromatic carbocycles. The minimum atomic E-state index is -1.24. The van der Waals surface area contributed by atoms with E-state index in [1.165, 1.54) is 38.1 Å². The highest BCUT2D eigenvalue weighted by atomic mass is 16.6. The molecule has 0 spiro atoms. The zero-order valence-electron chi connectivity index (χ0n) is 18.3. The molecule has 0 radical (unpaired) electrons. The summed E-state index contributed by atoms with van der Waals surface area (Å²) in [5.74, 6) is -6.87. The van der Waals surface area contributed by atoms with E-state index < -0.39 is 64.1 Å². The monoisotopic (exact) mass is 475 g/mol. The average molecular weight is 475 g/mol.